The van der Waals surface area contributed by atoms with Crippen LogP contribution in [0, 0.1) is 0 Å². The SMILES string of the molecule is CCCc1nc(COC(=O)CN2c3cccc4cccc(c34)S2(=O)=O)cs1. The number of hydrogen-bond donors (Lipinski definition) is 0. The fraction of sp³-hybridized carbons (Fsp3) is 0.263. The van der Waals surface area contributed by atoms with Crippen molar-refractivity contribution in [3.05, 3.63) is 52.5 Å². The number of ether oxygens (including phenoxy) is 1. The Morgan fingerprint density at radius 3 is 2.78 bits per heavy atom. The van der Waals surface area contributed by atoms with Gasteiger partial charge in [-0.3, -0.25) is 9.10 Å². The minimum Gasteiger partial charge on any atom is -0.458 e. The number of thiazole rings is 1. The van der Waals surface area contributed by atoms with Crippen LogP contribution in [0.5, 0.6) is 0 Å². The molecule has 6 nitrogen and oxygen atoms in total. The Balaban J connectivity index is 1.51. The first-order valence-corrected chi connectivity index (χ1v) is 11.0. The minimum atomic E-state index is -3.76. The molecule has 0 saturated carbocycles. The van der Waals surface area contributed by atoms with Gasteiger partial charge in [0.15, 0.2) is 0 Å². The van der Waals surface area contributed by atoms with Gasteiger partial charge < -0.3 is 4.74 Å². The van der Waals surface area contributed by atoms with E-state index in [1.54, 1.807) is 24.3 Å². The number of sulfonamides is 1. The molecule has 0 unspecified atom stereocenters. The van der Waals surface area contributed by atoms with Crippen molar-refractivity contribution in [3.63, 3.8) is 0 Å². The molecule has 0 atom stereocenters. The number of rotatable bonds is 6. The van der Waals surface area contributed by atoms with E-state index in [1.165, 1.54) is 11.3 Å². The van der Waals surface area contributed by atoms with Crippen molar-refractivity contribution >= 4 is 43.8 Å². The quantitative estimate of drug-likeness (QED) is 0.590. The third-order valence-corrected chi connectivity index (χ3v) is 7.16. The molecular formula is C19H18N2O4S2. The van der Waals surface area contributed by atoms with Gasteiger partial charge in [0.2, 0.25) is 0 Å². The zero-order valence-electron chi connectivity index (χ0n) is 14.7. The van der Waals surface area contributed by atoms with Crippen LogP contribution in [0.25, 0.3) is 10.8 Å². The summed E-state index contributed by atoms with van der Waals surface area (Å²) < 4.78 is 32.1. The lowest BCUT2D eigenvalue weighted by molar-refractivity contribution is -0.143. The summed E-state index contributed by atoms with van der Waals surface area (Å²) in [7, 11) is -3.76. The van der Waals surface area contributed by atoms with Crippen molar-refractivity contribution in [1.82, 2.24) is 4.98 Å². The molecule has 0 spiro atoms. The van der Waals surface area contributed by atoms with Crippen molar-refractivity contribution in [2.45, 2.75) is 31.3 Å². The highest BCUT2D eigenvalue weighted by atomic mass is 32.2. The van der Waals surface area contributed by atoms with Gasteiger partial charge in [0, 0.05) is 10.8 Å². The van der Waals surface area contributed by atoms with Gasteiger partial charge in [-0.25, -0.2) is 13.4 Å². The van der Waals surface area contributed by atoms with Gasteiger partial charge in [0.25, 0.3) is 10.0 Å². The molecule has 0 N–H and O–H groups in total. The molecule has 0 aliphatic carbocycles. The molecule has 0 bridgehead atoms. The van der Waals surface area contributed by atoms with Crippen molar-refractivity contribution in [1.29, 1.82) is 0 Å². The maximum absolute atomic E-state index is 12.9. The predicted molar refractivity (Wildman–Crippen MR) is 104 cm³/mol. The first-order chi connectivity index (χ1) is 13.0. The van der Waals surface area contributed by atoms with Crippen LogP contribution in [-0.2, 0) is 32.6 Å². The van der Waals surface area contributed by atoms with Gasteiger partial charge in [-0.1, -0.05) is 31.2 Å². The van der Waals surface area contributed by atoms with Crippen molar-refractivity contribution in [2.75, 3.05) is 10.8 Å². The second-order valence-electron chi connectivity index (χ2n) is 6.29. The van der Waals surface area contributed by atoms with Crippen molar-refractivity contribution in [2.24, 2.45) is 0 Å². The van der Waals surface area contributed by atoms with Gasteiger partial charge in [-0.05, 0) is 30.4 Å². The van der Waals surface area contributed by atoms with Crippen LogP contribution in [0.3, 0.4) is 0 Å². The first-order valence-electron chi connectivity index (χ1n) is 8.64. The molecule has 1 aromatic heterocycles. The lowest BCUT2D eigenvalue weighted by Crippen LogP contribution is -2.33. The van der Waals surface area contributed by atoms with Gasteiger partial charge in [-0.2, -0.15) is 0 Å². The number of esters is 1. The van der Waals surface area contributed by atoms with E-state index in [-0.39, 0.29) is 18.0 Å². The van der Waals surface area contributed by atoms with E-state index in [9.17, 15) is 13.2 Å². The number of benzene rings is 2. The van der Waals surface area contributed by atoms with Crippen LogP contribution in [-0.4, -0.2) is 25.9 Å². The number of carbonyl (C=O) groups excluding carboxylic acids is 1. The van der Waals surface area contributed by atoms with Crippen LogP contribution >= 0.6 is 11.3 Å². The van der Waals surface area contributed by atoms with Crippen molar-refractivity contribution in [3.8, 4) is 0 Å². The standard InChI is InChI=1S/C19H18N2O4S2/c1-2-5-17-20-14(12-26-17)11-25-18(22)10-21-15-8-3-6-13-7-4-9-16(19(13)15)27(21,23)24/h3-4,6-9,12H,2,5,10-11H2,1H3. The molecule has 0 amide bonds. The van der Waals surface area contributed by atoms with E-state index in [4.69, 9.17) is 4.74 Å². The number of aryl methyl sites for hydroxylation is 1. The summed E-state index contributed by atoms with van der Waals surface area (Å²) in [5.41, 5.74) is 1.20. The summed E-state index contributed by atoms with van der Waals surface area (Å²) in [6.45, 7) is 1.77. The molecule has 8 heteroatoms. The van der Waals surface area contributed by atoms with E-state index in [0.717, 1.165) is 27.5 Å². The molecular weight excluding hydrogens is 384 g/mol. The number of carbonyl (C=O) groups is 1. The Morgan fingerprint density at radius 1 is 1.22 bits per heavy atom. The second kappa shape index (κ2) is 6.94. The van der Waals surface area contributed by atoms with Crippen LogP contribution in [0.2, 0.25) is 0 Å². The summed E-state index contributed by atoms with van der Waals surface area (Å²) in [5, 5.41) is 4.35. The molecule has 1 aliphatic heterocycles. The zero-order chi connectivity index (χ0) is 19.0. The largest absolute Gasteiger partial charge is 0.458 e. The predicted octanol–water partition coefficient (Wildman–Crippen LogP) is 3.50. The highest BCUT2D eigenvalue weighted by molar-refractivity contribution is 7.93. The molecule has 2 heterocycles. The molecule has 0 radical (unpaired) electrons. The Kier molecular flexibility index (Phi) is 4.61. The Hall–Kier alpha value is -2.45. The van der Waals surface area contributed by atoms with E-state index < -0.39 is 16.0 Å². The number of hydrogen-bond acceptors (Lipinski definition) is 6. The molecule has 4 rings (SSSR count). The Bertz CT molecular complexity index is 1120. The van der Waals surface area contributed by atoms with E-state index in [0.29, 0.717) is 16.8 Å². The topological polar surface area (TPSA) is 76.6 Å². The van der Waals surface area contributed by atoms with Crippen LogP contribution in [0.1, 0.15) is 24.0 Å². The smallest absolute Gasteiger partial charge is 0.327 e. The highest BCUT2D eigenvalue weighted by Gasteiger charge is 2.36. The third-order valence-electron chi connectivity index (χ3n) is 4.40. The molecule has 0 saturated heterocycles. The Labute approximate surface area is 161 Å². The van der Waals surface area contributed by atoms with Gasteiger partial charge in [-0.15, -0.1) is 11.3 Å². The fourth-order valence-corrected chi connectivity index (χ4v) is 5.73. The van der Waals surface area contributed by atoms with Crippen LogP contribution in [0.15, 0.2) is 46.7 Å². The average Bonchev–Trinajstić information content (AvgIpc) is 3.18. The van der Waals surface area contributed by atoms with Gasteiger partial charge in [0.05, 0.1) is 21.3 Å². The third kappa shape index (κ3) is 3.19. The molecule has 2 aromatic carbocycles. The highest BCUT2D eigenvalue weighted by Crippen LogP contribution is 2.41. The first kappa shape index (κ1) is 17.9. The Morgan fingerprint density at radius 2 is 2.00 bits per heavy atom. The molecule has 1 aliphatic rings. The summed E-state index contributed by atoms with van der Waals surface area (Å²) in [5.74, 6) is -0.603. The average molecular weight is 402 g/mol. The molecule has 3 aromatic rings. The molecule has 140 valence electrons. The molecule has 27 heavy (non-hydrogen) atoms. The summed E-state index contributed by atoms with van der Waals surface area (Å²) in [4.78, 5) is 16.9. The zero-order valence-corrected chi connectivity index (χ0v) is 16.3. The maximum atomic E-state index is 12.9. The second-order valence-corrected chi connectivity index (χ2v) is 9.06. The lowest BCUT2D eigenvalue weighted by atomic mass is 10.1. The van der Waals surface area contributed by atoms with E-state index >= 15 is 0 Å². The summed E-state index contributed by atoms with van der Waals surface area (Å²) in [6.07, 6.45) is 1.90. The summed E-state index contributed by atoms with van der Waals surface area (Å²) in [6, 6.07) is 10.5. The summed E-state index contributed by atoms with van der Waals surface area (Å²) >= 11 is 1.54. The van der Waals surface area contributed by atoms with Gasteiger partial charge >= 0.3 is 5.97 Å². The number of anilines is 1. The maximum Gasteiger partial charge on any atom is 0.327 e. The normalized spacial score (nSPS) is 14.6. The van der Waals surface area contributed by atoms with E-state index in [1.807, 2.05) is 17.5 Å². The minimum absolute atomic E-state index is 0.0457. The fourth-order valence-electron chi connectivity index (χ4n) is 3.19. The van der Waals surface area contributed by atoms with Crippen LogP contribution in [0.4, 0.5) is 5.69 Å². The van der Waals surface area contributed by atoms with Crippen molar-refractivity contribution < 1.29 is 17.9 Å². The number of aromatic nitrogens is 1. The number of nitrogens with zero attached hydrogens (tertiary/aromatic N) is 2. The molecule has 0 fully saturated rings. The monoisotopic (exact) mass is 402 g/mol. The lowest BCUT2D eigenvalue weighted by Gasteiger charge is -2.17. The van der Waals surface area contributed by atoms with E-state index in [2.05, 4.69) is 11.9 Å². The van der Waals surface area contributed by atoms with Crippen LogP contribution < -0.4 is 4.31 Å². The van der Waals surface area contributed by atoms with Gasteiger partial charge in [0.1, 0.15) is 13.2 Å².